The molecule has 0 bridgehead atoms. The third-order valence-electron chi connectivity index (χ3n) is 0. The van der Waals surface area contributed by atoms with Crippen molar-refractivity contribution < 1.29 is 44.8 Å². The third-order valence-corrected chi connectivity index (χ3v) is 0. The van der Waals surface area contributed by atoms with Crippen LogP contribution in [0.3, 0.4) is 0 Å². The quantitative estimate of drug-likeness (QED) is 0.509. The molecule has 0 unspecified atom stereocenters. The molecule has 0 atom stereocenters. The molecule has 0 saturated carbocycles. The Bertz CT molecular complexity index is 9.61. The summed E-state index contributed by atoms with van der Waals surface area (Å²) in [5.74, 6) is 0. The maximum absolute atomic E-state index is 8.38. The summed E-state index contributed by atoms with van der Waals surface area (Å²) in [5.41, 5.74) is 0. The Morgan fingerprint density at radius 2 is 1.20 bits per heavy atom. The van der Waals surface area contributed by atoms with E-state index in [2.05, 4.69) is 0 Å². The van der Waals surface area contributed by atoms with Crippen molar-refractivity contribution in [2.75, 3.05) is 0 Å². The largest absolute Gasteiger partial charge is 0 e. The summed E-state index contributed by atoms with van der Waals surface area (Å²) in [6, 6.07) is 0. The van der Waals surface area contributed by atoms with Crippen LogP contribution in [-0.2, 0) is 44.8 Å². The van der Waals surface area contributed by atoms with Gasteiger partial charge in [-0.2, -0.15) is 0 Å². The van der Waals surface area contributed by atoms with E-state index in [0.29, 0.717) is 0 Å². The Hall–Kier alpha value is 1.48. The summed E-state index contributed by atoms with van der Waals surface area (Å²) in [7, 11) is 0. The molecule has 0 aliphatic rings. The summed E-state index contributed by atoms with van der Waals surface area (Å²) in [5, 5.41) is 0. The zero-order valence-corrected chi connectivity index (χ0v) is 11.8. The van der Waals surface area contributed by atoms with Crippen LogP contribution in [0.2, 0.25) is 0 Å². The van der Waals surface area contributed by atoms with Crippen molar-refractivity contribution in [1.82, 2.24) is 0 Å². The molecule has 2 nitrogen and oxygen atoms in total. The van der Waals surface area contributed by atoms with Gasteiger partial charge in [0.2, 0.25) is 0 Å². The van der Waals surface area contributed by atoms with E-state index in [9.17, 15) is 0 Å². The van der Waals surface area contributed by atoms with E-state index in [1.807, 2.05) is 0 Å². The number of hydrogen-bond donors (Lipinski definition) is 0. The summed E-state index contributed by atoms with van der Waals surface area (Å²) in [4.78, 5) is 0. The van der Waals surface area contributed by atoms with Crippen molar-refractivity contribution in [3.63, 3.8) is 0 Å². The molecule has 0 heterocycles. The molecule has 0 aromatic heterocycles. The molecule has 0 saturated heterocycles. The van der Waals surface area contributed by atoms with Gasteiger partial charge in [-0.25, -0.2) is 0 Å². The van der Waals surface area contributed by atoms with Crippen LogP contribution in [0.4, 0.5) is 0 Å². The normalized spacial score (nSPS) is 1.80. The first-order valence-electron chi connectivity index (χ1n) is 0.577. The second-order valence-electron chi connectivity index (χ2n) is 0. The van der Waals surface area contributed by atoms with Gasteiger partial charge in [0.25, 0.3) is 0 Å². The molecule has 0 fully saturated rings. The van der Waals surface area contributed by atoms with Gasteiger partial charge in [-0.15, -0.1) is 0 Å². The molecular weight excluding hydrogens is 233 g/mol. The Morgan fingerprint density at radius 3 is 1.20 bits per heavy atom. The fourth-order valence-electron chi connectivity index (χ4n) is 0. The molecule has 0 N–H and O–H groups in total. The first kappa shape index (κ1) is 16.1. The summed E-state index contributed by atoms with van der Waals surface area (Å²) >= 11 is 0.250. The van der Waals surface area contributed by atoms with Crippen molar-refractivity contribution in [3.05, 3.63) is 0 Å². The smallest absolute Gasteiger partial charge is 0 e. The predicted molar refractivity (Wildman–Crippen MR) is 8.52 cm³/mol. The summed E-state index contributed by atoms with van der Waals surface area (Å²) in [6.07, 6.45) is 0. The van der Waals surface area contributed by atoms with Crippen molar-refractivity contribution >= 4 is 18.6 Å². The van der Waals surface area contributed by atoms with Crippen molar-refractivity contribution in [2.24, 2.45) is 0 Å². The van der Waals surface area contributed by atoms with Gasteiger partial charge in [0.1, 0.15) is 0 Å². The molecule has 0 radical (unpaired) electrons. The summed E-state index contributed by atoms with van der Waals surface area (Å²) in [6.45, 7) is 0. The van der Waals surface area contributed by atoms with Crippen molar-refractivity contribution in [2.45, 2.75) is 0 Å². The van der Waals surface area contributed by atoms with Crippen molar-refractivity contribution in [3.8, 4) is 0 Å². The van der Waals surface area contributed by atoms with E-state index in [1.165, 1.54) is 0 Å². The molecule has 0 spiro atoms. The standard InChI is InChI=1S/Ga.2O.2Zn.H. The molecule has 20 valence electrons. The van der Waals surface area contributed by atoms with Crippen LogP contribution in [0.5, 0.6) is 0 Å². The third kappa shape index (κ3) is 30.2. The van der Waals surface area contributed by atoms with Gasteiger partial charge in [-0.1, -0.05) is 0 Å². The Labute approximate surface area is 63.0 Å². The topological polar surface area (TPSA) is 34.1 Å². The zero-order chi connectivity index (χ0) is 4.00. The van der Waals surface area contributed by atoms with E-state index in [1.54, 1.807) is 0 Å². The van der Waals surface area contributed by atoms with E-state index in [-0.39, 0.29) is 56.3 Å². The van der Waals surface area contributed by atoms with Crippen LogP contribution < -0.4 is 0 Å². The second-order valence-corrected chi connectivity index (χ2v) is 0. The minimum Gasteiger partial charge on any atom is 0 e. The maximum atomic E-state index is 8.38. The molecule has 5 heavy (non-hydrogen) atoms. The van der Waals surface area contributed by atoms with Crippen LogP contribution in [0, 0.1) is 0 Å². The zero-order valence-electron chi connectivity index (χ0n) is 2.94. The van der Waals surface area contributed by atoms with Crippen LogP contribution in [0.15, 0.2) is 0 Å². The van der Waals surface area contributed by atoms with Crippen LogP contribution in [0.25, 0.3) is 0 Å². The van der Waals surface area contributed by atoms with Crippen LogP contribution >= 0.6 is 0 Å². The molecule has 0 aliphatic carbocycles. The second kappa shape index (κ2) is 50.1. The molecule has 0 rings (SSSR count). The van der Waals surface area contributed by atoms with E-state index in [0.717, 1.165) is 0 Å². The monoisotopic (exact) mass is 230 g/mol. The average Bonchev–Trinajstić information content (AvgIpc) is 1.50. The Morgan fingerprint density at radius 1 is 1.20 bits per heavy atom. The first-order chi connectivity index (χ1) is 2.00. The van der Waals surface area contributed by atoms with Gasteiger partial charge in [-0.3, -0.25) is 0 Å². The maximum Gasteiger partial charge on any atom is 0 e. The van der Waals surface area contributed by atoms with E-state index >= 15 is 0 Å². The fourth-order valence-corrected chi connectivity index (χ4v) is 0. The Kier molecular flexibility index (Phi) is 161. The molecule has 5 heteroatoms. The molecule has 0 aliphatic heterocycles. The number of rotatable bonds is 0. The van der Waals surface area contributed by atoms with E-state index in [4.69, 9.17) is 7.11 Å². The average molecular weight is 234 g/mol. The molecular formula is HGaO2Zn2. The van der Waals surface area contributed by atoms with Crippen LogP contribution in [0.1, 0.15) is 0 Å². The summed E-state index contributed by atoms with van der Waals surface area (Å²) < 4.78 is 16.8. The van der Waals surface area contributed by atoms with Gasteiger partial charge in [-0.05, 0) is 0 Å². The van der Waals surface area contributed by atoms with Gasteiger partial charge in [0.05, 0.1) is 0 Å². The first-order valence-corrected chi connectivity index (χ1v) is 3.00. The molecule has 0 aromatic rings. The number of hydrogen-bond acceptors (Lipinski definition) is 2. The minimum atomic E-state index is 0. The van der Waals surface area contributed by atoms with Gasteiger partial charge >= 0.3 is 43.9 Å². The van der Waals surface area contributed by atoms with Crippen LogP contribution in [-0.4, -0.2) is 18.6 Å². The van der Waals surface area contributed by atoms with E-state index < -0.39 is 0 Å². The SMILES string of the molecule is [O]=[GaH].[O]=[Zn].[Zn]. The van der Waals surface area contributed by atoms with Gasteiger partial charge < -0.3 is 0 Å². The molecule has 0 amide bonds. The minimum absolute atomic E-state index is 0. The molecule has 0 aromatic carbocycles. The van der Waals surface area contributed by atoms with Crippen molar-refractivity contribution in [1.29, 1.82) is 0 Å². The van der Waals surface area contributed by atoms with Gasteiger partial charge in [0, 0.05) is 19.5 Å². The fraction of sp³-hybridized carbons (Fsp3) is 0. The Balaban J connectivity index is -0.0000000133. The predicted octanol–water partition coefficient (Wildman–Crippen LogP) is -0.891. The van der Waals surface area contributed by atoms with Gasteiger partial charge in [0.15, 0.2) is 0 Å².